The van der Waals surface area contributed by atoms with Gasteiger partial charge in [-0.3, -0.25) is 9.52 Å². The maximum Gasteiger partial charge on any atom is 0.232 e. The molecule has 0 fully saturated rings. The molecule has 1 aromatic rings. The number of benzene rings is 1. The zero-order valence-electron chi connectivity index (χ0n) is 13.7. The SMILES string of the molecule is CCCS(=O)(=O)Nc1cccc(NC(=O)CCCCCCN)c1. The first-order chi connectivity index (χ1) is 11.0. The lowest BCUT2D eigenvalue weighted by molar-refractivity contribution is -0.116. The van der Waals surface area contributed by atoms with E-state index in [-0.39, 0.29) is 11.7 Å². The average Bonchev–Trinajstić information content (AvgIpc) is 2.46. The Morgan fingerprint density at radius 2 is 1.83 bits per heavy atom. The fraction of sp³-hybridized carbons (Fsp3) is 0.562. The average molecular weight is 341 g/mol. The van der Waals surface area contributed by atoms with Crippen LogP contribution >= 0.6 is 0 Å². The number of anilines is 2. The third-order valence-corrected chi connectivity index (χ3v) is 4.74. The van der Waals surface area contributed by atoms with Crippen LogP contribution in [0.3, 0.4) is 0 Å². The van der Waals surface area contributed by atoms with Crippen molar-refractivity contribution in [2.24, 2.45) is 5.73 Å². The van der Waals surface area contributed by atoms with Crippen LogP contribution in [0.4, 0.5) is 11.4 Å². The minimum atomic E-state index is -3.33. The van der Waals surface area contributed by atoms with E-state index >= 15 is 0 Å². The standard InChI is InChI=1S/C16H27N3O3S/c1-2-12-23(21,22)19-15-9-7-8-14(13-15)18-16(20)10-5-3-4-6-11-17/h7-9,13,19H,2-6,10-12,17H2,1H3,(H,18,20). The van der Waals surface area contributed by atoms with E-state index < -0.39 is 10.0 Å². The van der Waals surface area contributed by atoms with Crippen LogP contribution in [0, 0.1) is 0 Å². The molecule has 6 nitrogen and oxygen atoms in total. The molecule has 0 unspecified atom stereocenters. The number of sulfonamides is 1. The highest BCUT2D eigenvalue weighted by atomic mass is 32.2. The van der Waals surface area contributed by atoms with Crippen LogP contribution in [0.15, 0.2) is 24.3 Å². The molecule has 0 aliphatic carbocycles. The molecule has 0 aromatic heterocycles. The maximum absolute atomic E-state index is 11.9. The fourth-order valence-electron chi connectivity index (χ4n) is 2.17. The summed E-state index contributed by atoms with van der Waals surface area (Å²) in [6, 6.07) is 6.74. The molecule has 0 saturated carbocycles. The van der Waals surface area contributed by atoms with E-state index in [0.29, 0.717) is 30.8 Å². The predicted molar refractivity (Wildman–Crippen MR) is 94.9 cm³/mol. The lowest BCUT2D eigenvalue weighted by Gasteiger charge is -2.10. The quantitative estimate of drug-likeness (QED) is 0.539. The zero-order valence-corrected chi connectivity index (χ0v) is 14.5. The van der Waals surface area contributed by atoms with E-state index in [9.17, 15) is 13.2 Å². The largest absolute Gasteiger partial charge is 0.330 e. The maximum atomic E-state index is 11.9. The summed E-state index contributed by atoms with van der Waals surface area (Å²) >= 11 is 0. The van der Waals surface area contributed by atoms with Gasteiger partial charge in [0, 0.05) is 12.1 Å². The second kappa shape index (κ2) is 10.2. The summed E-state index contributed by atoms with van der Waals surface area (Å²) in [5.74, 6) is 0.0122. The number of carbonyl (C=O) groups is 1. The molecule has 0 heterocycles. The molecule has 1 aromatic carbocycles. The minimum Gasteiger partial charge on any atom is -0.330 e. The van der Waals surface area contributed by atoms with E-state index in [1.807, 2.05) is 6.92 Å². The summed E-state index contributed by atoms with van der Waals surface area (Å²) in [6.45, 7) is 2.50. The molecule has 1 rings (SSSR count). The van der Waals surface area contributed by atoms with E-state index in [1.54, 1.807) is 24.3 Å². The van der Waals surface area contributed by atoms with Crippen LogP contribution in [0.5, 0.6) is 0 Å². The first-order valence-electron chi connectivity index (χ1n) is 8.07. The van der Waals surface area contributed by atoms with Crippen molar-refractivity contribution in [2.75, 3.05) is 22.3 Å². The number of nitrogens with two attached hydrogens (primary N) is 1. The number of rotatable bonds is 11. The molecule has 0 aliphatic heterocycles. The Morgan fingerprint density at radius 1 is 1.13 bits per heavy atom. The number of carbonyl (C=O) groups excluding carboxylic acids is 1. The number of nitrogens with one attached hydrogen (secondary N) is 2. The van der Waals surface area contributed by atoms with Crippen LogP contribution < -0.4 is 15.8 Å². The molecule has 0 bridgehead atoms. The molecule has 130 valence electrons. The minimum absolute atomic E-state index is 0.0636. The summed E-state index contributed by atoms with van der Waals surface area (Å²) < 4.78 is 26.0. The first kappa shape index (κ1) is 19.4. The Hall–Kier alpha value is -1.60. The Bertz CT molecular complexity index is 588. The Labute approximate surface area is 138 Å². The fourth-order valence-corrected chi connectivity index (χ4v) is 3.29. The lowest BCUT2D eigenvalue weighted by Crippen LogP contribution is -2.16. The number of amides is 1. The molecular formula is C16H27N3O3S. The summed E-state index contributed by atoms with van der Waals surface area (Å²) in [6.07, 6.45) is 4.85. The third-order valence-electron chi connectivity index (χ3n) is 3.25. The number of hydrogen-bond acceptors (Lipinski definition) is 4. The molecule has 0 spiro atoms. The van der Waals surface area contributed by atoms with Crippen LogP contribution in [0.25, 0.3) is 0 Å². The van der Waals surface area contributed by atoms with Crippen LogP contribution in [-0.4, -0.2) is 26.6 Å². The van der Waals surface area contributed by atoms with Gasteiger partial charge in [0.1, 0.15) is 0 Å². The highest BCUT2D eigenvalue weighted by Crippen LogP contribution is 2.17. The van der Waals surface area contributed by atoms with Gasteiger partial charge in [-0.25, -0.2) is 8.42 Å². The van der Waals surface area contributed by atoms with E-state index in [4.69, 9.17) is 5.73 Å². The van der Waals surface area contributed by atoms with Gasteiger partial charge in [-0.15, -0.1) is 0 Å². The molecule has 0 saturated heterocycles. The van der Waals surface area contributed by atoms with Gasteiger partial charge in [0.15, 0.2) is 0 Å². The van der Waals surface area contributed by atoms with Gasteiger partial charge >= 0.3 is 0 Å². The summed E-state index contributed by atoms with van der Waals surface area (Å²) in [4.78, 5) is 11.9. The van der Waals surface area contributed by atoms with Crippen molar-refractivity contribution < 1.29 is 13.2 Å². The van der Waals surface area contributed by atoms with Crippen molar-refractivity contribution in [1.29, 1.82) is 0 Å². The van der Waals surface area contributed by atoms with Crippen LogP contribution in [-0.2, 0) is 14.8 Å². The van der Waals surface area contributed by atoms with E-state index in [0.717, 1.165) is 25.7 Å². The molecule has 0 radical (unpaired) electrons. The van der Waals surface area contributed by atoms with Crippen molar-refractivity contribution >= 4 is 27.3 Å². The van der Waals surface area contributed by atoms with Gasteiger partial charge in [0.05, 0.1) is 11.4 Å². The Morgan fingerprint density at radius 3 is 2.52 bits per heavy atom. The van der Waals surface area contributed by atoms with Crippen LogP contribution in [0.1, 0.15) is 45.4 Å². The van der Waals surface area contributed by atoms with Crippen molar-refractivity contribution in [3.63, 3.8) is 0 Å². The second-order valence-corrected chi connectivity index (χ2v) is 7.34. The molecule has 23 heavy (non-hydrogen) atoms. The summed E-state index contributed by atoms with van der Waals surface area (Å²) in [7, 11) is -3.33. The first-order valence-corrected chi connectivity index (χ1v) is 9.72. The monoisotopic (exact) mass is 341 g/mol. The Kier molecular flexibility index (Phi) is 8.65. The molecule has 0 atom stereocenters. The smallest absolute Gasteiger partial charge is 0.232 e. The van der Waals surface area contributed by atoms with Crippen molar-refractivity contribution in [1.82, 2.24) is 0 Å². The molecule has 1 amide bonds. The normalized spacial score (nSPS) is 11.2. The highest BCUT2D eigenvalue weighted by molar-refractivity contribution is 7.92. The number of hydrogen-bond donors (Lipinski definition) is 3. The van der Waals surface area contributed by atoms with Gasteiger partial charge in [-0.1, -0.05) is 25.8 Å². The highest BCUT2D eigenvalue weighted by Gasteiger charge is 2.09. The van der Waals surface area contributed by atoms with Crippen molar-refractivity contribution in [3.05, 3.63) is 24.3 Å². The zero-order chi connectivity index (χ0) is 17.1. The molecule has 0 aliphatic rings. The molecular weight excluding hydrogens is 314 g/mol. The van der Waals surface area contributed by atoms with E-state index in [1.165, 1.54) is 0 Å². The van der Waals surface area contributed by atoms with Gasteiger partial charge in [-0.2, -0.15) is 0 Å². The summed E-state index contributed by atoms with van der Waals surface area (Å²) in [5, 5.41) is 2.79. The van der Waals surface area contributed by atoms with Crippen molar-refractivity contribution in [3.8, 4) is 0 Å². The molecule has 7 heteroatoms. The third kappa shape index (κ3) is 8.56. The number of unbranched alkanes of at least 4 members (excludes halogenated alkanes) is 3. The van der Waals surface area contributed by atoms with Crippen molar-refractivity contribution in [2.45, 2.75) is 45.4 Å². The van der Waals surface area contributed by atoms with E-state index in [2.05, 4.69) is 10.0 Å². The van der Waals surface area contributed by atoms with Gasteiger partial charge in [0.2, 0.25) is 15.9 Å². The topological polar surface area (TPSA) is 101 Å². The Balaban J connectivity index is 2.48. The summed E-state index contributed by atoms with van der Waals surface area (Å²) in [5.41, 5.74) is 6.47. The molecule has 4 N–H and O–H groups in total. The van der Waals surface area contributed by atoms with Gasteiger partial charge < -0.3 is 11.1 Å². The van der Waals surface area contributed by atoms with Gasteiger partial charge in [0.25, 0.3) is 0 Å². The lowest BCUT2D eigenvalue weighted by atomic mass is 10.1. The predicted octanol–water partition coefficient (Wildman–Crippen LogP) is 2.69. The van der Waals surface area contributed by atoms with Crippen LogP contribution in [0.2, 0.25) is 0 Å². The van der Waals surface area contributed by atoms with Gasteiger partial charge in [-0.05, 0) is 44.0 Å². The second-order valence-electron chi connectivity index (χ2n) is 5.50.